The third-order valence-corrected chi connectivity index (χ3v) is 8.24. The summed E-state index contributed by atoms with van der Waals surface area (Å²) >= 11 is 1.81. The Morgan fingerprint density at radius 3 is 1.84 bits per heavy atom. The van der Waals surface area contributed by atoms with Crippen LogP contribution in [0.2, 0.25) is 0 Å². The molecular formula is C31H32F6N3O2PS. The van der Waals surface area contributed by atoms with E-state index in [0.717, 1.165) is 58.3 Å². The van der Waals surface area contributed by atoms with Crippen LogP contribution in [-0.2, 0) is 9.47 Å². The topological polar surface area (TPSA) is 50.7 Å². The van der Waals surface area contributed by atoms with Crippen LogP contribution in [0.4, 0.5) is 36.6 Å². The second-order valence-electron chi connectivity index (χ2n) is 10.4. The molecule has 0 radical (unpaired) electrons. The van der Waals surface area contributed by atoms with Crippen LogP contribution < -0.4 is 10.6 Å². The van der Waals surface area contributed by atoms with Gasteiger partial charge in [-0.05, 0) is 70.8 Å². The summed E-state index contributed by atoms with van der Waals surface area (Å²) in [6.07, 6.45) is 13.6. The van der Waals surface area contributed by atoms with E-state index in [1.807, 2.05) is 23.9 Å². The van der Waals surface area contributed by atoms with Gasteiger partial charge in [-0.15, -0.1) is 0 Å². The average Bonchev–Trinajstić information content (AvgIpc) is 3.01. The normalized spacial score (nSPS) is 20.7. The van der Waals surface area contributed by atoms with Gasteiger partial charge in [-0.2, -0.15) is 0 Å². The second kappa shape index (κ2) is 12.2. The number of ether oxygens (including phenoxy) is 2. The summed E-state index contributed by atoms with van der Waals surface area (Å²) in [4.78, 5) is 4.86. The van der Waals surface area contributed by atoms with Crippen molar-refractivity contribution in [1.82, 2.24) is 0 Å². The summed E-state index contributed by atoms with van der Waals surface area (Å²) in [5.74, 6) is 0. The number of rotatable bonds is 3. The minimum absolute atomic E-state index is 0.780. The molecule has 0 aromatic heterocycles. The molecule has 5 nitrogen and oxygen atoms in total. The molecule has 3 aliphatic heterocycles. The molecule has 236 valence electrons. The molecule has 6 rings (SSSR count). The van der Waals surface area contributed by atoms with Gasteiger partial charge in [-0.25, -0.2) is 4.58 Å². The van der Waals surface area contributed by atoms with Gasteiger partial charge in [0.1, 0.15) is 13.2 Å². The zero-order valence-corrected chi connectivity index (χ0v) is 25.4. The van der Waals surface area contributed by atoms with Gasteiger partial charge in [0.15, 0.2) is 18.8 Å². The third kappa shape index (κ3) is 9.85. The van der Waals surface area contributed by atoms with Crippen LogP contribution >= 0.6 is 19.6 Å². The molecule has 0 bridgehead atoms. The third-order valence-electron chi connectivity index (χ3n) is 7.09. The maximum Gasteiger partial charge on any atom is 0.200 e. The van der Waals surface area contributed by atoms with Crippen LogP contribution in [-0.4, -0.2) is 62.9 Å². The molecule has 0 saturated carbocycles. The zero-order valence-electron chi connectivity index (χ0n) is 23.7. The largest absolute Gasteiger partial charge is 0.399 e. The number of nitrogens with two attached hydrogens (primary N) is 1. The van der Waals surface area contributed by atoms with E-state index in [0.29, 0.717) is 0 Å². The van der Waals surface area contributed by atoms with E-state index in [9.17, 15) is 25.2 Å². The van der Waals surface area contributed by atoms with Crippen molar-refractivity contribution in [1.29, 1.82) is 0 Å². The number of morpholine rings is 2. The van der Waals surface area contributed by atoms with Gasteiger partial charge in [0, 0.05) is 46.4 Å². The molecule has 13 heteroatoms. The quantitative estimate of drug-likeness (QED) is 0.156. The Morgan fingerprint density at radius 1 is 0.705 bits per heavy atom. The molecule has 0 unspecified atom stereocenters. The predicted molar refractivity (Wildman–Crippen MR) is 169 cm³/mol. The summed E-state index contributed by atoms with van der Waals surface area (Å²) in [6, 6.07) is 17.1. The van der Waals surface area contributed by atoms with Crippen molar-refractivity contribution in [3.05, 3.63) is 107 Å². The van der Waals surface area contributed by atoms with E-state index in [1.54, 1.807) is 0 Å². The first kappa shape index (κ1) is 32.1. The second-order valence-corrected chi connectivity index (χ2v) is 13.4. The molecule has 1 aliphatic carbocycles. The van der Waals surface area contributed by atoms with E-state index in [2.05, 4.69) is 82.3 Å². The predicted octanol–water partition coefficient (Wildman–Crippen LogP) is 8.52. The Balaban J connectivity index is 0.000000493. The van der Waals surface area contributed by atoms with Gasteiger partial charge in [-0.3, -0.25) is 0 Å². The van der Waals surface area contributed by atoms with Crippen molar-refractivity contribution in [2.24, 2.45) is 0 Å². The van der Waals surface area contributed by atoms with Crippen molar-refractivity contribution < 1.29 is 39.2 Å². The Bertz CT molecular complexity index is 1540. The first-order valence-electron chi connectivity index (χ1n) is 13.9. The molecule has 4 aliphatic rings. The minimum Gasteiger partial charge on any atom is -0.399 e. The summed E-state index contributed by atoms with van der Waals surface area (Å²) < 4.78 is 72.6. The van der Waals surface area contributed by atoms with Gasteiger partial charge in [0.2, 0.25) is 0 Å². The average molecular weight is 656 g/mol. The molecule has 0 atom stereocenters. The van der Waals surface area contributed by atoms with E-state index >= 15 is 0 Å². The van der Waals surface area contributed by atoms with Crippen LogP contribution in [0.5, 0.6) is 0 Å². The number of benzene rings is 2. The zero-order chi connectivity index (χ0) is 31.4. The standard InChI is InChI=1S/C31H31N3O2S.F6P/c32-27-7-1-24(2-8-27)30-21-26(23-3-9-28(10-4-23)33-13-17-35-18-14-33)22-31(37-30)25-5-11-29(12-6-25)34-15-19-36-20-16-34;1-7(2,3,4,5)6/h1-12,21-22,32H,13-20H2;/q;-1/p+1. The van der Waals surface area contributed by atoms with Gasteiger partial charge >= 0.3 is 33.0 Å². The molecule has 2 N–H and O–H groups in total. The van der Waals surface area contributed by atoms with Gasteiger partial charge in [0.05, 0.1) is 13.2 Å². The number of halogens is 6. The number of anilines is 2. The van der Waals surface area contributed by atoms with Crippen LogP contribution in [0.3, 0.4) is 0 Å². The van der Waals surface area contributed by atoms with Gasteiger partial charge in [0.25, 0.3) is 0 Å². The Hall–Kier alpha value is -3.31. The molecule has 0 spiro atoms. The fourth-order valence-electron chi connectivity index (χ4n) is 4.94. The maximum absolute atomic E-state index is 10.7. The SMILES string of the molecule is F[P-](F)(F)(F)(F)F.Nc1ccc(C2=CC(c3ccc(N4CCOCC4)cc3)=CC(=C3C=CC(=[N+]4CCOCC4)C=C3)S2)cc1. The van der Waals surface area contributed by atoms with E-state index in [1.165, 1.54) is 43.5 Å². The summed E-state index contributed by atoms with van der Waals surface area (Å²) in [7, 11) is -10.7. The molecule has 2 fully saturated rings. The van der Waals surface area contributed by atoms with Gasteiger partial charge < -0.3 is 20.1 Å². The molecule has 0 amide bonds. The van der Waals surface area contributed by atoms with Crippen molar-refractivity contribution in [3.8, 4) is 0 Å². The number of hydrogen-bond donors (Lipinski definition) is 1. The van der Waals surface area contributed by atoms with Crippen LogP contribution in [0, 0.1) is 0 Å². The smallest absolute Gasteiger partial charge is 0.200 e. The number of hydrogen-bond acceptors (Lipinski definition) is 5. The molecule has 2 aromatic rings. The fourth-order valence-corrected chi connectivity index (χ4v) is 6.06. The number of thioether (sulfide) groups is 1. The Labute approximate surface area is 255 Å². The van der Waals surface area contributed by atoms with Crippen LogP contribution in [0.25, 0.3) is 10.5 Å². The summed E-state index contributed by atoms with van der Waals surface area (Å²) in [5, 5.41) is 0. The number of nitrogen functional groups attached to an aromatic ring is 1. The van der Waals surface area contributed by atoms with E-state index in [-0.39, 0.29) is 0 Å². The molecule has 2 aromatic carbocycles. The molecule has 44 heavy (non-hydrogen) atoms. The molecule has 2 saturated heterocycles. The number of allylic oxidation sites excluding steroid dienone is 8. The van der Waals surface area contributed by atoms with E-state index in [4.69, 9.17) is 15.2 Å². The van der Waals surface area contributed by atoms with Crippen molar-refractivity contribution in [3.63, 3.8) is 0 Å². The Kier molecular flexibility index (Phi) is 8.92. The van der Waals surface area contributed by atoms with Crippen LogP contribution in [0.15, 0.2) is 95.5 Å². The Morgan fingerprint density at radius 2 is 1.25 bits per heavy atom. The van der Waals surface area contributed by atoms with Gasteiger partial charge in [-0.1, -0.05) is 36.0 Å². The van der Waals surface area contributed by atoms with Crippen LogP contribution in [0.1, 0.15) is 11.1 Å². The van der Waals surface area contributed by atoms with Crippen molar-refractivity contribution in [2.45, 2.75) is 0 Å². The van der Waals surface area contributed by atoms with Crippen molar-refractivity contribution >= 4 is 47.1 Å². The first-order chi connectivity index (χ1) is 20.7. The number of nitrogens with zero attached hydrogens (tertiary/aromatic N) is 2. The van der Waals surface area contributed by atoms with Crippen molar-refractivity contribution in [2.75, 3.05) is 63.2 Å². The first-order valence-corrected chi connectivity index (χ1v) is 16.8. The molecular weight excluding hydrogens is 623 g/mol. The summed E-state index contributed by atoms with van der Waals surface area (Å²) in [5.41, 5.74) is 14.1. The minimum atomic E-state index is -10.7. The fraction of sp³-hybridized carbons (Fsp3) is 0.258. The summed E-state index contributed by atoms with van der Waals surface area (Å²) in [6.45, 7) is 6.94. The monoisotopic (exact) mass is 655 g/mol. The molecule has 3 heterocycles. The maximum atomic E-state index is 9.87. The van der Waals surface area contributed by atoms with E-state index < -0.39 is 7.81 Å².